The smallest absolute Gasteiger partial charge is 0.298 e. The molecule has 0 aliphatic heterocycles. The number of benzene rings is 2. The summed E-state index contributed by atoms with van der Waals surface area (Å²) in [4.78, 5) is 22.1. The lowest BCUT2D eigenvalue weighted by atomic mass is 10.2. The van der Waals surface area contributed by atoms with Crippen molar-refractivity contribution in [3.05, 3.63) is 59.9 Å². The Bertz CT molecular complexity index is 613. The molecule has 0 aromatic heterocycles. The Morgan fingerprint density at radius 2 is 1.95 bits per heavy atom. The van der Waals surface area contributed by atoms with E-state index in [-0.39, 0.29) is 5.56 Å². The Morgan fingerprint density at radius 1 is 1.16 bits per heavy atom. The van der Waals surface area contributed by atoms with Gasteiger partial charge in [0, 0.05) is 17.3 Å². The lowest BCUT2D eigenvalue weighted by Crippen LogP contribution is -2.12. The molecule has 0 fully saturated rings. The van der Waals surface area contributed by atoms with Crippen molar-refractivity contribution in [3.63, 3.8) is 0 Å². The average Bonchev–Trinajstić information content (AvgIpc) is 2.39. The number of halogens is 1. The third kappa shape index (κ3) is 3.38. The molecule has 1 amide bonds. The van der Waals surface area contributed by atoms with Crippen LogP contribution in [-0.4, -0.2) is 12.4 Å². The van der Waals surface area contributed by atoms with Gasteiger partial charge >= 0.3 is 0 Å². The number of carbonyl (C=O) groups excluding carboxylic acids is 2. The summed E-state index contributed by atoms with van der Waals surface area (Å²) in [6, 6.07) is 11.7. The summed E-state index contributed by atoms with van der Waals surface area (Å²) in [6.07, 6.45) is 0. The van der Waals surface area contributed by atoms with Gasteiger partial charge in [-0.1, -0.05) is 12.1 Å². The lowest BCUT2D eigenvalue weighted by molar-refractivity contribution is -0.120. The van der Waals surface area contributed by atoms with E-state index in [1.54, 1.807) is 18.2 Å². The maximum Gasteiger partial charge on any atom is 0.298 e. The molecule has 2 aromatic rings. The van der Waals surface area contributed by atoms with Crippen LogP contribution in [0.2, 0.25) is 0 Å². The quantitative estimate of drug-likeness (QED) is 0.859. The zero-order valence-electron chi connectivity index (χ0n) is 9.80. The van der Waals surface area contributed by atoms with Gasteiger partial charge in [0.2, 0.25) is 0 Å². The van der Waals surface area contributed by atoms with E-state index in [9.17, 15) is 14.0 Å². The molecule has 2 rings (SSSR count). The molecule has 2 aromatic carbocycles. The third-order valence-electron chi connectivity index (χ3n) is 2.36. The minimum atomic E-state index is -0.481. The largest absolute Gasteiger partial charge is 0.429 e. The third-order valence-corrected chi connectivity index (χ3v) is 2.36. The van der Waals surface area contributed by atoms with Crippen molar-refractivity contribution < 1.29 is 18.7 Å². The number of nitrogens with one attached hydrogen (secondary N) is 1. The normalized spacial score (nSPS) is 9.74. The standard InChI is InChI=1S/C14H10FNO3/c15-11-4-1-3-10(7-11)14(18)16-12-5-2-6-13(8-12)19-9-17/h1-9H,(H,16,18). The molecule has 0 saturated heterocycles. The highest BCUT2D eigenvalue weighted by molar-refractivity contribution is 6.04. The predicted molar refractivity (Wildman–Crippen MR) is 67.5 cm³/mol. The minimum Gasteiger partial charge on any atom is -0.429 e. The van der Waals surface area contributed by atoms with Gasteiger partial charge in [0.05, 0.1) is 0 Å². The number of carbonyl (C=O) groups is 2. The first-order valence-electron chi connectivity index (χ1n) is 5.46. The molecule has 0 bridgehead atoms. The van der Waals surface area contributed by atoms with Gasteiger partial charge in [-0.05, 0) is 30.3 Å². The van der Waals surface area contributed by atoms with Gasteiger partial charge in [-0.2, -0.15) is 0 Å². The van der Waals surface area contributed by atoms with E-state index in [0.717, 1.165) is 6.07 Å². The topological polar surface area (TPSA) is 55.4 Å². The molecule has 96 valence electrons. The van der Waals surface area contributed by atoms with Gasteiger partial charge in [0.15, 0.2) is 0 Å². The molecule has 0 aliphatic rings. The van der Waals surface area contributed by atoms with Crippen LogP contribution in [0.1, 0.15) is 10.4 Å². The van der Waals surface area contributed by atoms with E-state index in [1.165, 1.54) is 24.3 Å². The van der Waals surface area contributed by atoms with E-state index < -0.39 is 11.7 Å². The summed E-state index contributed by atoms with van der Waals surface area (Å²) >= 11 is 0. The molecule has 0 aliphatic carbocycles. The van der Waals surface area contributed by atoms with Crippen LogP contribution in [0.15, 0.2) is 48.5 Å². The summed E-state index contributed by atoms with van der Waals surface area (Å²) < 4.78 is 17.7. The Morgan fingerprint density at radius 3 is 2.68 bits per heavy atom. The van der Waals surface area contributed by atoms with Gasteiger partial charge in [0.25, 0.3) is 12.4 Å². The highest BCUT2D eigenvalue weighted by Gasteiger charge is 2.07. The molecule has 19 heavy (non-hydrogen) atoms. The van der Waals surface area contributed by atoms with Crippen LogP contribution in [0.4, 0.5) is 10.1 Å². The molecule has 5 heteroatoms. The molecule has 0 saturated carbocycles. The van der Waals surface area contributed by atoms with Crippen LogP contribution < -0.4 is 10.1 Å². The van der Waals surface area contributed by atoms with Crippen LogP contribution in [0, 0.1) is 5.82 Å². The van der Waals surface area contributed by atoms with Crippen molar-refractivity contribution in [3.8, 4) is 5.75 Å². The Labute approximate surface area is 108 Å². The van der Waals surface area contributed by atoms with E-state index in [2.05, 4.69) is 10.1 Å². The summed E-state index contributed by atoms with van der Waals surface area (Å²) in [6.45, 7) is 0.299. The van der Waals surface area contributed by atoms with Crippen molar-refractivity contribution >= 4 is 18.1 Å². The highest BCUT2D eigenvalue weighted by Crippen LogP contribution is 2.17. The maximum absolute atomic E-state index is 13.0. The number of rotatable bonds is 4. The molecule has 0 unspecified atom stereocenters. The fourth-order valence-electron chi connectivity index (χ4n) is 1.54. The zero-order valence-corrected chi connectivity index (χ0v) is 9.80. The van der Waals surface area contributed by atoms with Crippen molar-refractivity contribution in [1.29, 1.82) is 0 Å². The van der Waals surface area contributed by atoms with Crippen LogP contribution >= 0.6 is 0 Å². The summed E-state index contributed by atoms with van der Waals surface area (Å²) in [7, 11) is 0. The van der Waals surface area contributed by atoms with Gasteiger partial charge in [-0.3, -0.25) is 9.59 Å². The van der Waals surface area contributed by atoms with Gasteiger partial charge in [0.1, 0.15) is 11.6 Å². The molecular formula is C14H10FNO3. The lowest BCUT2D eigenvalue weighted by Gasteiger charge is -2.06. The Hall–Kier alpha value is -2.69. The van der Waals surface area contributed by atoms with Crippen LogP contribution in [0.25, 0.3) is 0 Å². The average molecular weight is 259 g/mol. The fourth-order valence-corrected chi connectivity index (χ4v) is 1.54. The van der Waals surface area contributed by atoms with Gasteiger partial charge < -0.3 is 10.1 Å². The molecule has 0 radical (unpaired) electrons. The first-order chi connectivity index (χ1) is 9.19. The SMILES string of the molecule is O=COc1cccc(NC(=O)c2cccc(F)c2)c1. The maximum atomic E-state index is 13.0. The summed E-state index contributed by atoms with van der Waals surface area (Å²) in [5.41, 5.74) is 0.662. The zero-order chi connectivity index (χ0) is 13.7. The first-order valence-corrected chi connectivity index (χ1v) is 5.46. The van der Waals surface area contributed by atoms with E-state index >= 15 is 0 Å². The monoisotopic (exact) mass is 259 g/mol. The summed E-state index contributed by atoms with van der Waals surface area (Å²) in [5, 5.41) is 2.58. The van der Waals surface area contributed by atoms with Crippen LogP contribution in [0.5, 0.6) is 5.75 Å². The van der Waals surface area contributed by atoms with Crippen molar-refractivity contribution in [1.82, 2.24) is 0 Å². The molecule has 0 atom stereocenters. The van der Waals surface area contributed by atoms with Crippen molar-refractivity contribution in [2.75, 3.05) is 5.32 Å². The molecule has 0 spiro atoms. The summed E-state index contributed by atoms with van der Waals surface area (Å²) in [5.74, 6) is -0.611. The number of hydrogen-bond donors (Lipinski definition) is 1. The number of ether oxygens (including phenoxy) is 1. The number of amides is 1. The molecule has 0 heterocycles. The predicted octanol–water partition coefficient (Wildman–Crippen LogP) is 2.61. The second-order valence-corrected chi connectivity index (χ2v) is 3.71. The minimum absolute atomic E-state index is 0.210. The van der Waals surface area contributed by atoms with Gasteiger partial charge in [-0.25, -0.2) is 4.39 Å². The van der Waals surface area contributed by atoms with Crippen LogP contribution in [0.3, 0.4) is 0 Å². The van der Waals surface area contributed by atoms with Gasteiger partial charge in [-0.15, -0.1) is 0 Å². The molecular weight excluding hydrogens is 249 g/mol. The molecule has 1 N–H and O–H groups in total. The highest BCUT2D eigenvalue weighted by atomic mass is 19.1. The Kier molecular flexibility index (Phi) is 3.87. The van der Waals surface area contributed by atoms with E-state index in [4.69, 9.17) is 0 Å². The van der Waals surface area contributed by atoms with Crippen molar-refractivity contribution in [2.24, 2.45) is 0 Å². The van der Waals surface area contributed by atoms with E-state index in [1.807, 2.05) is 0 Å². The fraction of sp³-hybridized carbons (Fsp3) is 0. The number of hydrogen-bond acceptors (Lipinski definition) is 3. The van der Waals surface area contributed by atoms with Crippen molar-refractivity contribution in [2.45, 2.75) is 0 Å². The first kappa shape index (κ1) is 12.8. The number of anilines is 1. The Balaban J connectivity index is 2.14. The molecule has 4 nitrogen and oxygen atoms in total. The second kappa shape index (κ2) is 5.77. The van der Waals surface area contributed by atoms with E-state index in [0.29, 0.717) is 17.9 Å². The second-order valence-electron chi connectivity index (χ2n) is 3.71. The van der Waals surface area contributed by atoms with Crippen LogP contribution in [-0.2, 0) is 4.79 Å².